The molecule has 4 atom stereocenters. The van der Waals surface area contributed by atoms with E-state index in [4.69, 9.17) is 4.74 Å². The van der Waals surface area contributed by atoms with Crippen LogP contribution >= 0.6 is 11.3 Å². The molecule has 2 aromatic rings. The zero-order valence-corrected chi connectivity index (χ0v) is 29.8. The van der Waals surface area contributed by atoms with Crippen molar-refractivity contribution in [2.75, 3.05) is 39.3 Å². The van der Waals surface area contributed by atoms with Crippen molar-refractivity contribution in [3.05, 3.63) is 41.0 Å². The summed E-state index contributed by atoms with van der Waals surface area (Å²) in [6.45, 7) is 14.5. The van der Waals surface area contributed by atoms with Crippen LogP contribution in [0.3, 0.4) is 0 Å². The normalized spacial score (nSPS) is 20.3. The van der Waals surface area contributed by atoms with Crippen LogP contribution in [-0.2, 0) is 25.7 Å². The van der Waals surface area contributed by atoms with Crippen molar-refractivity contribution < 1.29 is 34.1 Å². The van der Waals surface area contributed by atoms with Gasteiger partial charge in [-0.1, -0.05) is 45.0 Å². The summed E-state index contributed by atoms with van der Waals surface area (Å²) in [4.78, 5) is 63.2. The van der Waals surface area contributed by atoms with Gasteiger partial charge < -0.3 is 35.4 Å². The number of ether oxygens (including phenoxy) is 1. The van der Waals surface area contributed by atoms with E-state index in [1.807, 2.05) is 77.6 Å². The van der Waals surface area contributed by atoms with E-state index < -0.39 is 35.1 Å². The summed E-state index contributed by atoms with van der Waals surface area (Å²) >= 11 is 1.44. The number of hydrogen-bond donors (Lipinski definition) is 4. The third kappa shape index (κ3) is 9.52. The predicted octanol–water partition coefficient (Wildman–Crippen LogP) is 2.53. The SMILES string of the molecule is C[C@H](NC(=O)[C@@H]1C[C@@H](O)CN1C(=O)[C@@H](NC(=O)CN1CCN(C(=O)OC(C)(C)C)CC1)C(C)(C)C)c1ccc(-c2scnc2CO)cc1. The smallest absolute Gasteiger partial charge is 0.410 e. The molecule has 48 heavy (non-hydrogen) atoms. The number of amides is 4. The quantitative estimate of drug-likeness (QED) is 0.310. The minimum absolute atomic E-state index is 0.0168. The molecule has 4 N–H and O–H groups in total. The van der Waals surface area contributed by atoms with E-state index in [0.29, 0.717) is 31.9 Å². The second-order valence-corrected chi connectivity index (χ2v) is 15.5. The van der Waals surface area contributed by atoms with Gasteiger partial charge in [-0.25, -0.2) is 9.78 Å². The van der Waals surface area contributed by atoms with Gasteiger partial charge in [-0.05, 0) is 44.2 Å². The Morgan fingerprint density at radius 1 is 1.02 bits per heavy atom. The molecular formula is C34H50N6O7S. The predicted molar refractivity (Wildman–Crippen MR) is 182 cm³/mol. The molecular weight excluding hydrogens is 636 g/mol. The largest absolute Gasteiger partial charge is 0.444 e. The molecule has 1 aromatic heterocycles. The maximum absolute atomic E-state index is 14.0. The molecule has 0 spiro atoms. The summed E-state index contributed by atoms with van der Waals surface area (Å²) in [5, 5.41) is 26.0. The van der Waals surface area contributed by atoms with Crippen LogP contribution in [0, 0.1) is 5.41 Å². The van der Waals surface area contributed by atoms with E-state index >= 15 is 0 Å². The molecule has 2 aliphatic rings. The van der Waals surface area contributed by atoms with Crippen LogP contribution in [0.5, 0.6) is 0 Å². The van der Waals surface area contributed by atoms with Crippen LogP contribution in [-0.4, -0.2) is 117 Å². The van der Waals surface area contributed by atoms with Crippen molar-refractivity contribution >= 4 is 35.2 Å². The number of aliphatic hydroxyl groups is 2. The van der Waals surface area contributed by atoms with E-state index in [0.717, 1.165) is 16.0 Å². The number of piperazine rings is 1. The number of β-amino-alcohol motifs (C(OH)–C–C–N with tert-alkyl or cyclic N) is 1. The summed E-state index contributed by atoms with van der Waals surface area (Å²) in [5.74, 6) is -1.15. The van der Waals surface area contributed by atoms with Crippen LogP contribution in [0.2, 0.25) is 0 Å². The van der Waals surface area contributed by atoms with Gasteiger partial charge in [-0.15, -0.1) is 11.3 Å². The van der Waals surface area contributed by atoms with E-state index in [1.54, 1.807) is 10.4 Å². The first-order valence-electron chi connectivity index (χ1n) is 16.4. The molecule has 4 amide bonds. The molecule has 14 heteroatoms. The van der Waals surface area contributed by atoms with Crippen molar-refractivity contribution in [1.29, 1.82) is 0 Å². The zero-order valence-electron chi connectivity index (χ0n) is 29.0. The maximum Gasteiger partial charge on any atom is 0.410 e. The van der Waals surface area contributed by atoms with Crippen LogP contribution < -0.4 is 10.6 Å². The lowest BCUT2D eigenvalue weighted by molar-refractivity contribution is -0.144. The second-order valence-electron chi connectivity index (χ2n) is 14.6. The summed E-state index contributed by atoms with van der Waals surface area (Å²) in [6.07, 6.45) is -1.17. The average Bonchev–Trinajstić information content (AvgIpc) is 3.65. The second kappa shape index (κ2) is 15.3. The first kappa shape index (κ1) is 37.2. The van der Waals surface area contributed by atoms with Gasteiger partial charge >= 0.3 is 6.09 Å². The number of nitrogens with zero attached hydrogens (tertiary/aromatic N) is 4. The van der Waals surface area contributed by atoms with Crippen molar-refractivity contribution in [2.45, 2.75) is 91.3 Å². The van der Waals surface area contributed by atoms with Crippen molar-refractivity contribution in [3.63, 3.8) is 0 Å². The van der Waals surface area contributed by atoms with Crippen LogP contribution in [0.25, 0.3) is 10.4 Å². The molecule has 0 bridgehead atoms. The lowest BCUT2D eigenvalue weighted by Crippen LogP contribution is -2.59. The monoisotopic (exact) mass is 686 g/mol. The highest BCUT2D eigenvalue weighted by Gasteiger charge is 2.45. The third-order valence-corrected chi connectivity index (χ3v) is 9.41. The van der Waals surface area contributed by atoms with E-state index in [-0.39, 0.29) is 50.1 Å². The minimum atomic E-state index is -0.936. The van der Waals surface area contributed by atoms with Crippen LogP contribution in [0.1, 0.15) is 72.2 Å². The minimum Gasteiger partial charge on any atom is -0.444 e. The number of hydrogen-bond acceptors (Lipinski definition) is 10. The summed E-state index contributed by atoms with van der Waals surface area (Å²) < 4.78 is 5.45. The van der Waals surface area contributed by atoms with Gasteiger partial charge in [-0.2, -0.15) is 0 Å². The molecule has 0 saturated carbocycles. The Hall–Kier alpha value is -3.59. The van der Waals surface area contributed by atoms with Crippen molar-refractivity contribution in [1.82, 2.24) is 30.3 Å². The highest BCUT2D eigenvalue weighted by Crippen LogP contribution is 2.30. The number of carbonyl (C=O) groups excluding carboxylic acids is 4. The summed E-state index contributed by atoms with van der Waals surface area (Å²) in [7, 11) is 0. The van der Waals surface area contributed by atoms with Gasteiger partial charge in [0.2, 0.25) is 17.7 Å². The fourth-order valence-corrected chi connectivity index (χ4v) is 6.69. The van der Waals surface area contributed by atoms with E-state index in [2.05, 4.69) is 15.6 Å². The van der Waals surface area contributed by atoms with Crippen LogP contribution in [0.15, 0.2) is 29.8 Å². The summed E-state index contributed by atoms with van der Waals surface area (Å²) in [5.41, 5.74) is 2.80. The Kier molecular flexibility index (Phi) is 11.9. The van der Waals surface area contributed by atoms with Gasteiger partial charge in [-0.3, -0.25) is 19.3 Å². The molecule has 0 unspecified atom stereocenters. The van der Waals surface area contributed by atoms with Gasteiger partial charge in [0.1, 0.15) is 17.7 Å². The van der Waals surface area contributed by atoms with Crippen molar-refractivity contribution in [2.24, 2.45) is 5.41 Å². The summed E-state index contributed by atoms with van der Waals surface area (Å²) in [6, 6.07) is 5.41. The number of rotatable bonds is 9. The highest BCUT2D eigenvalue weighted by molar-refractivity contribution is 7.13. The number of aliphatic hydroxyl groups excluding tert-OH is 2. The van der Waals surface area contributed by atoms with Gasteiger partial charge in [0.25, 0.3) is 0 Å². The lowest BCUT2D eigenvalue weighted by atomic mass is 9.85. The Labute approximate surface area is 286 Å². The average molecular weight is 687 g/mol. The third-order valence-electron chi connectivity index (χ3n) is 8.50. The molecule has 2 saturated heterocycles. The fraction of sp³-hybridized carbons (Fsp3) is 0.618. The first-order valence-corrected chi connectivity index (χ1v) is 17.3. The Morgan fingerprint density at radius 2 is 1.67 bits per heavy atom. The fourth-order valence-electron chi connectivity index (χ4n) is 5.88. The Morgan fingerprint density at radius 3 is 2.25 bits per heavy atom. The highest BCUT2D eigenvalue weighted by atomic mass is 32.1. The van der Waals surface area contributed by atoms with Gasteiger partial charge in [0.15, 0.2) is 0 Å². The number of benzene rings is 1. The number of nitrogens with one attached hydrogen (secondary N) is 2. The van der Waals surface area contributed by atoms with Crippen LogP contribution in [0.4, 0.5) is 4.79 Å². The standard InChI is InChI=1S/C34H50N6O7S/c1-21(22-8-10-23(11-9-22)28-25(19-41)35-20-48-28)36-30(44)26-16-24(42)17-40(26)31(45)29(33(2,3)4)37-27(43)18-38-12-14-39(15-13-38)32(46)47-34(5,6)7/h8-11,20-21,24,26,29,41-42H,12-19H2,1-7H3,(H,36,44)(H,37,43)/t21-,24+,26-,29+/m0/s1. The van der Waals surface area contributed by atoms with E-state index in [9.17, 15) is 29.4 Å². The molecule has 0 aliphatic carbocycles. The molecule has 13 nitrogen and oxygen atoms in total. The molecule has 2 aliphatic heterocycles. The molecule has 2 fully saturated rings. The number of carbonyl (C=O) groups is 4. The van der Waals surface area contributed by atoms with Gasteiger partial charge in [0.05, 0.1) is 41.4 Å². The Balaban J connectivity index is 1.36. The topological polar surface area (TPSA) is 165 Å². The zero-order chi connectivity index (χ0) is 35.4. The maximum atomic E-state index is 14.0. The molecule has 3 heterocycles. The molecule has 0 radical (unpaired) electrons. The Bertz CT molecular complexity index is 1440. The number of thiazole rings is 1. The lowest BCUT2D eigenvalue weighted by Gasteiger charge is -2.37. The molecule has 4 rings (SSSR count). The van der Waals surface area contributed by atoms with Crippen molar-refractivity contribution in [3.8, 4) is 10.4 Å². The van der Waals surface area contributed by atoms with Gasteiger partial charge in [0, 0.05) is 39.1 Å². The molecule has 1 aromatic carbocycles. The molecule has 264 valence electrons. The number of aromatic nitrogens is 1. The number of likely N-dealkylation sites (tertiary alicyclic amines) is 1. The first-order chi connectivity index (χ1) is 22.5. The van der Waals surface area contributed by atoms with E-state index in [1.165, 1.54) is 16.2 Å².